The van der Waals surface area contributed by atoms with Crippen LogP contribution in [0.5, 0.6) is 11.5 Å². The number of unbranched alkanes of at least 4 members (excludes halogenated alkanes) is 1. The Balaban J connectivity index is 1.52. The Morgan fingerprint density at radius 2 is 1.66 bits per heavy atom. The fraction of sp³-hybridized carbons (Fsp3) is 0.320. The van der Waals surface area contributed by atoms with Crippen molar-refractivity contribution in [1.29, 1.82) is 0 Å². The fourth-order valence-corrected chi connectivity index (χ4v) is 3.23. The monoisotopic (exact) mass is 437 g/mol. The molecule has 0 fully saturated rings. The maximum Gasteiger partial charge on any atom is 0.330 e. The van der Waals surface area contributed by atoms with E-state index in [1.165, 1.54) is 6.08 Å². The van der Waals surface area contributed by atoms with Crippen molar-refractivity contribution in [3.8, 4) is 11.5 Å². The minimum atomic E-state index is -0.567. The van der Waals surface area contributed by atoms with Crippen LogP contribution in [-0.4, -0.2) is 49.0 Å². The van der Waals surface area contributed by atoms with Crippen LogP contribution in [0.1, 0.15) is 53.0 Å². The van der Waals surface area contributed by atoms with E-state index in [2.05, 4.69) is 6.92 Å². The number of hydrogen-bond donors (Lipinski definition) is 0. The number of carbonyl (C=O) groups excluding carboxylic acids is 3. The van der Waals surface area contributed by atoms with Crippen LogP contribution in [0.15, 0.2) is 48.5 Å². The van der Waals surface area contributed by atoms with E-state index in [1.807, 2.05) is 19.1 Å². The van der Waals surface area contributed by atoms with Crippen molar-refractivity contribution >= 4 is 23.9 Å². The molecule has 0 saturated heterocycles. The number of carbonyl (C=O) groups is 3. The third-order valence-electron chi connectivity index (χ3n) is 4.87. The molecule has 2 amide bonds. The van der Waals surface area contributed by atoms with Crippen LogP contribution in [0.3, 0.4) is 0 Å². The van der Waals surface area contributed by atoms with Gasteiger partial charge in [-0.3, -0.25) is 14.5 Å². The molecule has 168 valence electrons. The molecule has 0 atom stereocenters. The van der Waals surface area contributed by atoms with Gasteiger partial charge in [-0.25, -0.2) is 4.79 Å². The normalized spacial score (nSPS) is 12.9. The summed E-state index contributed by atoms with van der Waals surface area (Å²) in [6.07, 6.45) is 4.91. The highest BCUT2D eigenvalue weighted by Crippen LogP contribution is 2.29. The topological polar surface area (TPSA) is 82.1 Å². The van der Waals surface area contributed by atoms with Gasteiger partial charge in [-0.15, -0.1) is 0 Å². The lowest BCUT2D eigenvalue weighted by Gasteiger charge is -2.13. The highest BCUT2D eigenvalue weighted by molar-refractivity contribution is 6.21. The number of fused-ring (bicyclic) bond motifs is 1. The molecule has 0 radical (unpaired) electrons. The van der Waals surface area contributed by atoms with E-state index in [0.29, 0.717) is 35.8 Å². The van der Waals surface area contributed by atoms with Crippen molar-refractivity contribution in [2.75, 3.05) is 26.4 Å². The summed E-state index contributed by atoms with van der Waals surface area (Å²) >= 11 is 0. The lowest BCUT2D eigenvalue weighted by molar-refractivity contribution is -0.137. The predicted molar refractivity (Wildman–Crippen MR) is 120 cm³/mol. The highest BCUT2D eigenvalue weighted by atomic mass is 16.5. The van der Waals surface area contributed by atoms with Gasteiger partial charge < -0.3 is 14.2 Å². The summed E-state index contributed by atoms with van der Waals surface area (Å²) < 4.78 is 16.6. The van der Waals surface area contributed by atoms with E-state index in [4.69, 9.17) is 14.2 Å². The molecule has 0 bridgehead atoms. The van der Waals surface area contributed by atoms with Crippen LogP contribution in [0.4, 0.5) is 0 Å². The minimum Gasteiger partial charge on any atom is -0.490 e. The second kappa shape index (κ2) is 11.1. The average molecular weight is 437 g/mol. The Labute approximate surface area is 187 Å². The van der Waals surface area contributed by atoms with Gasteiger partial charge in [0, 0.05) is 6.08 Å². The van der Waals surface area contributed by atoms with Crippen molar-refractivity contribution in [2.24, 2.45) is 0 Å². The van der Waals surface area contributed by atoms with E-state index in [9.17, 15) is 14.4 Å². The van der Waals surface area contributed by atoms with E-state index >= 15 is 0 Å². The zero-order valence-electron chi connectivity index (χ0n) is 18.3. The summed E-state index contributed by atoms with van der Waals surface area (Å²) in [7, 11) is 0. The van der Waals surface area contributed by atoms with Crippen molar-refractivity contribution in [2.45, 2.75) is 26.7 Å². The van der Waals surface area contributed by atoms with Gasteiger partial charge >= 0.3 is 5.97 Å². The lowest BCUT2D eigenvalue weighted by Crippen LogP contribution is -2.33. The summed E-state index contributed by atoms with van der Waals surface area (Å²) in [4.78, 5) is 37.8. The second-order valence-corrected chi connectivity index (χ2v) is 7.15. The van der Waals surface area contributed by atoms with Crippen molar-refractivity contribution in [3.63, 3.8) is 0 Å². The highest BCUT2D eigenvalue weighted by Gasteiger charge is 2.34. The molecule has 0 aliphatic carbocycles. The van der Waals surface area contributed by atoms with E-state index in [1.54, 1.807) is 36.4 Å². The number of nitrogens with zero attached hydrogens (tertiary/aromatic N) is 1. The van der Waals surface area contributed by atoms with Crippen LogP contribution in [0, 0.1) is 0 Å². The van der Waals surface area contributed by atoms with E-state index in [-0.39, 0.29) is 25.0 Å². The number of esters is 1. The molecule has 0 unspecified atom stereocenters. The molecule has 7 heteroatoms. The number of imide groups is 1. The van der Waals surface area contributed by atoms with Gasteiger partial charge in [0.2, 0.25) is 0 Å². The van der Waals surface area contributed by atoms with Gasteiger partial charge in [-0.2, -0.15) is 0 Å². The van der Waals surface area contributed by atoms with Gasteiger partial charge in [-0.05, 0) is 49.2 Å². The Kier molecular flexibility index (Phi) is 8.02. The standard InChI is InChI=1S/C25H27NO6/c1-3-5-15-31-21-12-10-18(17-22(21)30-4-2)11-13-23(27)32-16-14-26-24(28)19-8-6-7-9-20(19)25(26)29/h6-13,17H,3-5,14-16H2,1-2H3. The quantitative estimate of drug-likeness (QED) is 0.228. The zero-order valence-corrected chi connectivity index (χ0v) is 18.3. The Hall–Kier alpha value is -3.61. The minimum absolute atomic E-state index is 0.00418. The van der Waals surface area contributed by atoms with Crippen molar-refractivity contribution < 1.29 is 28.6 Å². The SMILES string of the molecule is CCCCOc1ccc(C=CC(=O)OCCN2C(=O)c3ccccc3C2=O)cc1OCC. The number of ether oxygens (including phenoxy) is 3. The third kappa shape index (κ3) is 5.55. The largest absolute Gasteiger partial charge is 0.490 e. The average Bonchev–Trinajstić information content (AvgIpc) is 3.04. The summed E-state index contributed by atoms with van der Waals surface area (Å²) in [6, 6.07) is 12.1. The Morgan fingerprint density at radius 3 is 2.31 bits per heavy atom. The first kappa shape index (κ1) is 23.1. The van der Waals surface area contributed by atoms with Gasteiger partial charge in [0.1, 0.15) is 6.61 Å². The maximum atomic E-state index is 12.3. The van der Waals surface area contributed by atoms with Crippen molar-refractivity contribution in [1.82, 2.24) is 4.90 Å². The number of hydrogen-bond acceptors (Lipinski definition) is 6. The summed E-state index contributed by atoms with van der Waals surface area (Å²) in [6.45, 7) is 5.03. The first-order valence-electron chi connectivity index (χ1n) is 10.7. The van der Waals surface area contributed by atoms with Crippen LogP contribution < -0.4 is 9.47 Å². The van der Waals surface area contributed by atoms with E-state index < -0.39 is 5.97 Å². The fourth-order valence-electron chi connectivity index (χ4n) is 3.23. The van der Waals surface area contributed by atoms with Crippen LogP contribution >= 0.6 is 0 Å². The Bertz CT molecular complexity index is 978. The first-order valence-corrected chi connectivity index (χ1v) is 10.7. The molecule has 0 aromatic heterocycles. The molecule has 32 heavy (non-hydrogen) atoms. The van der Waals surface area contributed by atoms with Gasteiger partial charge in [0.25, 0.3) is 11.8 Å². The molecule has 1 heterocycles. The van der Waals surface area contributed by atoms with Crippen LogP contribution in [0.2, 0.25) is 0 Å². The number of benzene rings is 2. The third-order valence-corrected chi connectivity index (χ3v) is 4.87. The van der Waals surface area contributed by atoms with Gasteiger partial charge in [-0.1, -0.05) is 31.5 Å². The molecule has 2 aromatic rings. The molecule has 0 saturated carbocycles. The summed E-state index contributed by atoms with van der Waals surface area (Å²) in [5.41, 5.74) is 1.50. The Morgan fingerprint density at radius 1 is 0.938 bits per heavy atom. The molecular formula is C25H27NO6. The molecule has 1 aliphatic rings. The molecule has 1 aliphatic heterocycles. The molecule has 0 spiro atoms. The molecule has 0 N–H and O–H groups in total. The summed E-state index contributed by atoms with van der Waals surface area (Å²) in [5.74, 6) is -0.0302. The summed E-state index contributed by atoms with van der Waals surface area (Å²) in [5, 5.41) is 0. The zero-order chi connectivity index (χ0) is 22.9. The van der Waals surface area contributed by atoms with Gasteiger partial charge in [0.15, 0.2) is 11.5 Å². The molecular weight excluding hydrogens is 410 g/mol. The molecule has 3 rings (SSSR count). The number of rotatable bonds is 11. The first-order chi connectivity index (χ1) is 15.5. The smallest absolute Gasteiger partial charge is 0.330 e. The lowest BCUT2D eigenvalue weighted by atomic mass is 10.1. The molecule has 7 nitrogen and oxygen atoms in total. The van der Waals surface area contributed by atoms with Crippen molar-refractivity contribution in [3.05, 3.63) is 65.2 Å². The van der Waals surface area contributed by atoms with Gasteiger partial charge in [0.05, 0.1) is 30.9 Å². The molecule has 2 aromatic carbocycles. The maximum absolute atomic E-state index is 12.3. The second-order valence-electron chi connectivity index (χ2n) is 7.15. The van der Waals surface area contributed by atoms with Crippen LogP contribution in [0.25, 0.3) is 6.08 Å². The van der Waals surface area contributed by atoms with Crippen LogP contribution in [-0.2, 0) is 9.53 Å². The predicted octanol–water partition coefficient (Wildman–Crippen LogP) is 4.12. The van der Waals surface area contributed by atoms with E-state index in [0.717, 1.165) is 23.3 Å². The number of amides is 2.